The standard InChI is InChI=1S/C35H30O8/c1-13-5-7-17-19(9-13)29-18-8-6-14(2)10-20(18)30(17)43-34(41)24-22-12-16(4)28(26(24)32(38)39)35(22)21-11-15(3)27(35)25(31(36)37)23(21)33(40)42-29/h5-12,21-28H,1-4H3,(H,36,37)(H,38,39). The van der Waals surface area contributed by atoms with Crippen LogP contribution in [-0.2, 0) is 19.2 Å². The average molecular weight is 579 g/mol. The van der Waals surface area contributed by atoms with Gasteiger partial charge in [-0.25, -0.2) is 0 Å². The summed E-state index contributed by atoms with van der Waals surface area (Å²) >= 11 is 0. The van der Waals surface area contributed by atoms with Gasteiger partial charge in [-0.3, -0.25) is 19.2 Å². The minimum absolute atomic E-state index is 0.297. The summed E-state index contributed by atoms with van der Waals surface area (Å²) in [4.78, 5) is 55.0. The van der Waals surface area contributed by atoms with E-state index in [0.29, 0.717) is 33.0 Å². The number of hydrogen-bond donors (Lipinski definition) is 2. The fraction of sp³-hybridized carbons (Fsp3) is 0.371. The molecule has 3 aromatic carbocycles. The van der Waals surface area contributed by atoms with Crippen LogP contribution in [-0.4, -0.2) is 34.1 Å². The lowest BCUT2D eigenvalue weighted by atomic mass is 9.63. The van der Waals surface area contributed by atoms with Gasteiger partial charge in [-0.05, 0) is 57.1 Å². The highest BCUT2D eigenvalue weighted by Crippen LogP contribution is 2.78. The summed E-state index contributed by atoms with van der Waals surface area (Å²) in [6, 6.07) is 11.1. The molecule has 1 heterocycles. The highest BCUT2D eigenvalue weighted by atomic mass is 16.5. The molecule has 2 N–H and O–H groups in total. The number of ether oxygens (including phenoxy) is 2. The maximum atomic E-state index is 14.4. The summed E-state index contributed by atoms with van der Waals surface area (Å²) < 4.78 is 12.6. The number of aliphatic carboxylic acids is 2. The number of carbonyl (C=O) groups excluding carboxylic acids is 2. The van der Waals surface area contributed by atoms with Crippen LogP contribution in [0.4, 0.5) is 0 Å². The third-order valence-corrected chi connectivity index (χ3v) is 11.2. The van der Waals surface area contributed by atoms with Gasteiger partial charge < -0.3 is 19.7 Å². The molecular weight excluding hydrogens is 548 g/mol. The molecule has 2 fully saturated rings. The molecule has 8 atom stereocenters. The van der Waals surface area contributed by atoms with Crippen LogP contribution >= 0.6 is 0 Å². The second-order valence-electron chi connectivity index (χ2n) is 13.2. The van der Waals surface area contributed by atoms with Gasteiger partial charge in [0.25, 0.3) is 0 Å². The number of hydrogen-bond acceptors (Lipinski definition) is 6. The number of aryl methyl sites for hydroxylation is 2. The van der Waals surface area contributed by atoms with Gasteiger partial charge in [-0.2, -0.15) is 0 Å². The van der Waals surface area contributed by atoms with E-state index in [2.05, 4.69) is 0 Å². The number of esters is 2. The van der Waals surface area contributed by atoms with Crippen molar-refractivity contribution in [2.24, 2.45) is 52.8 Å². The molecule has 43 heavy (non-hydrogen) atoms. The van der Waals surface area contributed by atoms with E-state index in [-0.39, 0.29) is 0 Å². The first-order valence-electron chi connectivity index (χ1n) is 14.7. The molecule has 0 aromatic heterocycles. The molecule has 1 spiro atoms. The predicted molar refractivity (Wildman–Crippen MR) is 155 cm³/mol. The van der Waals surface area contributed by atoms with Gasteiger partial charge in [-0.1, -0.05) is 58.7 Å². The second-order valence-corrected chi connectivity index (χ2v) is 13.2. The Labute approximate surface area is 247 Å². The van der Waals surface area contributed by atoms with Crippen molar-refractivity contribution in [3.05, 3.63) is 70.8 Å². The molecule has 8 heteroatoms. The fourth-order valence-corrected chi connectivity index (χ4v) is 10.1. The minimum atomic E-state index is -1.13. The lowest BCUT2D eigenvalue weighted by Gasteiger charge is -2.38. The van der Waals surface area contributed by atoms with Crippen molar-refractivity contribution in [3.63, 3.8) is 0 Å². The summed E-state index contributed by atoms with van der Waals surface area (Å²) in [7, 11) is 0. The van der Waals surface area contributed by atoms with Crippen molar-refractivity contribution >= 4 is 45.4 Å². The van der Waals surface area contributed by atoms with Crippen LogP contribution in [0.5, 0.6) is 11.5 Å². The van der Waals surface area contributed by atoms with E-state index in [1.165, 1.54) is 0 Å². The summed E-state index contributed by atoms with van der Waals surface area (Å²) in [5.41, 5.74) is 2.46. The van der Waals surface area contributed by atoms with Crippen molar-refractivity contribution in [3.8, 4) is 11.5 Å². The first kappa shape index (κ1) is 26.2. The topological polar surface area (TPSA) is 127 Å². The fourth-order valence-electron chi connectivity index (χ4n) is 10.1. The quantitative estimate of drug-likeness (QED) is 0.178. The zero-order valence-corrected chi connectivity index (χ0v) is 24.1. The minimum Gasteiger partial charge on any atom is -0.481 e. The van der Waals surface area contributed by atoms with E-state index in [0.717, 1.165) is 22.3 Å². The second kappa shape index (κ2) is 8.34. The monoisotopic (exact) mass is 578 g/mol. The van der Waals surface area contributed by atoms with Gasteiger partial charge in [0, 0.05) is 33.4 Å². The van der Waals surface area contributed by atoms with Gasteiger partial charge in [0.15, 0.2) is 0 Å². The number of allylic oxidation sites excluding steroid dienone is 4. The molecule has 1 aliphatic heterocycles. The van der Waals surface area contributed by atoms with Crippen LogP contribution in [0.1, 0.15) is 25.0 Å². The Kier molecular flexibility index (Phi) is 5.08. The van der Waals surface area contributed by atoms with Crippen molar-refractivity contribution in [2.45, 2.75) is 27.7 Å². The molecule has 8 rings (SSSR count). The summed E-state index contributed by atoms with van der Waals surface area (Å²) in [5, 5.41) is 23.5. The maximum Gasteiger partial charge on any atom is 0.315 e. The Morgan fingerprint density at radius 3 is 1.42 bits per heavy atom. The summed E-state index contributed by atoms with van der Waals surface area (Å²) in [5.74, 6) is -9.81. The van der Waals surface area contributed by atoms with E-state index in [4.69, 9.17) is 9.47 Å². The first-order valence-corrected chi connectivity index (χ1v) is 14.7. The van der Waals surface area contributed by atoms with Crippen LogP contribution in [0.15, 0.2) is 59.7 Å². The van der Waals surface area contributed by atoms with Crippen LogP contribution in [0.2, 0.25) is 0 Å². The number of fused-ring (bicyclic) bond motifs is 3. The number of carboxylic acids is 2. The largest absolute Gasteiger partial charge is 0.481 e. The number of carboxylic acid groups (broad SMARTS) is 2. The number of carbonyl (C=O) groups is 4. The molecule has 5 aliphatic rings. The summed E-state index contributed by atoms with van der Waals surface area (Å²) in [6.07, 6.45) is 3.89. The highest BCUT2D eigenvalue weighted by Gasteiger charge is 2.80. The van der Waals surface area contributed by atoms with Crippen LogP contribution in [0.25, 0.3) is 21.5 Å². The predicted octanol–water partition coefficient (Wildman–Crippen LogP) is 5.47. The Morgan fingerprint density at radius 1 is 0.651 bits per heavy atom. The van der Waals surface area contributed by atoms with Gasteiger partial charge >= 0.3 is 23.9 Å². The van der Waals surface area contributed by atoms with Gasteiger partial charge in [-0.15, -0.1) is 0 Å². The Bertz CT molecular complexity index is 1790. The molecule has 0 amide bonds. The lowest BCUT2D eigenvalue weighted by Crippen LogP contribution is -2.39. The van der Waals surface area contributed by atoms with E-state index >= 15 is 0 Å². The zero-order chi connectivity index (χ0) is 30.3. The Hall–Kier alpha value is -4.46. The Morgan fingerprint density at radius 2 is 1.05 bits per heavy atom. The average Bonchev–Trinajstić information content (AvgIpc) is 3.61. The van der Waals surface area contributed by atoms with Crippen LogP contribution < -0.4 is 9.47 Å². The molecule has 0 radical (unpaired) electrons. The molecule has 4 aliphatic carbocycles. The van der Waals surface area contributed by atoms with Gasteiger partial charge in [0.05, 0.1) is 23.7 Å². The van der Waals surface area contributed by atoms with Crippen molar-refractivity contribution in [2.75, 3.05) is 0 Å². The number of benzene rings is 3. The maximum absolute atomic E-state index is 14.4. The smallest absolute Gasteiger partial charge is 0.315 e. The molecule has 8 nitrogen and oxygen atoms in total. The lowest BCUT2D eigenvalue weighted by molar-refractivity contribution is -0.152. The summed E-state index contributed by atoms with van der Waals surface area (Å²) in [6.45, 7) is 7.51. The molecule has 3 aromatic rings. The van der Waals surface area contributed by atoms with Crippen molar-refractivity contribution in [1.29, 1.82) is 0 Å². The molecule has 2 saturated carbocycles. The molecular formula is C35H30O8. The van der Waals surface area contributed by atoms with E-state index in [1.54, 1.807) is 0 Å². The van der Waals surface area contributed by atoms with Crippen molar-refractivity contribution in [1.82, 2.24) is 0 Å². The Balaban J connectivity index is 1.48. The van der Waals surface area contributed by atoms with Crippen molar-refractivity contribution < 1.29 is 38.9 Å². The van der Waals surface area contributed by atoms with Crippen LogP contribution in [0, 0.1) is 66.6 Å². The molecule has 218 valence electrons. The zero-order valence-electron chi connectivity index (χ0n) is 24.1. The normalized spacial score (nSPS) is 35.3. The molecule has 0 saturated heterocycles. The van der Waals surface area contributed by atoms with E-state index < -0.39 is 76.6 Å². The highest BCUT2D eigenvalue weighted by molar-refractivity contribution is 6.13. The third kappa shape index (κ3) is 3.01. The van der Waals surface area contributed by atoms with E-state index in [9.17, 15) is 29.4 Å². The van der Waals surface area contributed by atoms with Gasteiger partial charge in [0.2, 0.25) is 0 Å². The number of rotatable bonds is 2. The SMILES string of the molecule is CC1=CC2C3C(=O)Oc4c5ccc(C)cc5c(c5ccc(C)cc45)OC(=O)C4C(C(=O)O)C5C(C)=CC4C25C1C3C(=O)O. The first-order chi connectivity index (χ1) is 20.5. The van der Waals surface area contributed by atoms with Gasteiger partial charge in [0.1, 0.15) is 11.5 Å². The van der Waals surface area contributed by atoms with E-state index in [1.807, 2.05) is 76.2 Å². The third-order valence-electron chi connectivity index (χ3n) is 11.2. The molecule has 8 unspecified atom stereocenters. The van der Waals surface area contributed by atoms with Crippen LogP contribution in [0.3, 0.4) is 0 Å². The molecule has 9 bridgehead atoms.